The van der Waals surface area contributed by atoms with Gasteiger partial charge in [-0.2, -0.15) is 5.26 Å². The summed E-state index contributed by atoms with van der Waals surface area (Å²) in [7, 11) is 3.59. The summed E-state index contributed by atoms with van der Waals surface area (Å²) in [6, 6.07) is 3.06. The largest absolute Gasteiger partial charge is 0.504 e. The average Bonchev–Trinajstić information content (AvgIpc) is 3.39. The molecule has 0 spiro atoms. The molecule has 2 aromatic rings. The number of phenols is 1. The number of fused-ring (bicyclic) bond motifs is 9. The second-order valence-corrected chi connectivity index (χ2v) is 10.5. The van der Waals surface area contributed by atoms with Crippen molar-refractivity contribution in [3.05, 3.63) is 52.1 Å². The Morgan fingerprint density at radius 3 is 2.63 bits per heavy atom. The summed E-state index contributed by atoms with van der Waals surface area (Å²) in [5, 5.41) is 32.8. The Hall–Kier alpha value is -3.45. The molecule has 2 aromatic carbocycles. The number of ether oxygens (including phenoxy) is 4. The molecule has 0 aliphatic carbocycles. The van der Waals surface area contributed by atoms with Gasteiger partial charge in [-0.05, 0) is 44.9 Å². The van der Waals surface area contributed by atoms with E-state index in [1.54, 1.807) is 13.2 Å². The number of hydrogen-bond acceptors (Lipinski definition) is 9. The number of benzene rings is 2. The third-order valence-corrected chi connectivity index (χ3v) is 8.78. The van der Waals surface area contributed by atoms with Crippen LogP contribution >= 0.6 is 0 Å². The van der Waals surface area contributed by atoms with E-state index in [4.69, 9.17) is 18.9 Å². The fourth-order valence-electron chi connectivity index (χ4n) is 7.34. The number of nitriles is 1. The summed E-state index contributed by atoms with van der Waals surface area (Å²) in [4.78, 5) is 4.36. The van der Waals surface area contributed by atoms with E-state index in [2.05, 4.69) is 28.5 Å². The second-order valence-electron chi connectivity index (χ2n) is 10.5. The molecule has 0 radical (unpaired) electrons. The first-order chi connectivity index (χ1) is 18.4. The normalized spacial score (nSPS) is 27.1. The molecule has 1 unspecified atom stereocenters. The van der Waals surface area contributed by atoms with Gasteiger partial charge in [0.15, 0.2) is 23.0 Å². The first-order valence-electron chi connectivity index (χ1n) is 13.0. The lowest BCUT2D eigenvalue weighted by Gasteiger charge is -2.59. The van der Waals surface area contributed by atoms with Crippen molar-refractivity contribution in [1.29, 1.82) is 5.26 Å². The molecule has 6 rings (SSSR count). The predicted octanol–water partition coefficient (Wildman–Crippen LogP) is 3.07. The highest BCUT2D eigenvalue weighted by Crippen LogP contribution is 2.58. The lowest BCUT2D eigenvalue weighted by molar-refractivity contribution is -0.0825. The Balaban J connectivity index is 1.60. The number of likely N-dealkylation sites (N-methyl/N-ethyl adjacent to an activating group) is 1. The first kappa shape index (κ1) is 24.9. The number of piperazine rings is 1. The van der Waals surface area contributed by atoms with E-state index in [-0.39, 0.29) is 37.3 Å². The second kappa shape index (κ2) is 9.09. The smallest absolute Gasteiger partial charge is 0.231 e. The molecule has 4 aliphatic heterocycles. The van der Waals surface area contributed by atoms with Crippen molar-refractivity contribution in [1.82, 2.24) is 9.80 Å². The van der Waals surface area contributed by atoms with Crippen LogP contribution < -0.4 is 18.9 Å². The molecule has 4 heterocycles. The molecule has 200 valence electrons. The maximum atomic E-state index is 11.5. The van der Waals surface area contributed by atoms with E-state index >= 15 is 0 Å². The molecule has 5 atom stereocenters. The summed E-state index contributed by atoms with van der Waals surface area (Å²) in [6.45, 7) is 7.88. The minimum absolute atomic E-state index is 0.0885. The number of rotatable bonds is 5. The van der Waals surface area contributed by atoms with E-state index in [1.165, 1.54) is 0 Å². The Morgan fingerprint density at radius 2 is 1.95 bits per heavy atom. The number of aliphatic hydroxyl groups excluding tert-OH is 1. The van der Waals surface area contributed by atoms with Gasteiger partial charge < -0.3 is 29.2 Å². The summed E-state index contributed by atoms with van der Waals surface area (Å²) in [6.07, 6.45) is 2.83. The SMILES string of the molecule is C=CCOc1c(C)c2c(c3c1CC1[C@H]4c5c(cc(C)c(OC)c5O)C[C@@H]([C@H](C#N)N1[C@H]3CO)N4C)OCO2. The van der Waals surface area contributed by atoms with Crippen molar-refractivity contribution < 1.29 is 29.2 Å². The molecular weight excluding hydrogens is 486 g/mol. The number of methoxy groups -OCH3 is 1. The molecule has 1 saturated heterocycles. The summed E-state index contributed by atoms with van der Waals surface area (Å²) >= 11 is 0. The molecule has 9 heteroatoms. The molecule has 2 bridgehead atoms. The van der Waals surface area contributed by atoms with Gasteiger partial charge in [0.2, 0.25) is 6.79 Å². The number of phenolic OH excluding ortho intramolecular Hbond substituents is 1. The molecule has 0 saturated carbocycles. The van der Waals surface area contributed by atoms with Gasteiger partial charge in [-0.3, -0.25) is 9.80 Å². The monoisotopic (exact) mass is 519 g/mol. The van der Waals surface area contributed by atoms with Crippen molar-refractivity contribution >= 4 is 0 Å². The number of hydrogen-bond donors (Lipinski definition) is 2. The van der Waals surface area contributed by atoms with E-state index in [9.17, 15) is 15.5 Å². The van der Waals surface area contributed by atoms with Crippen LogP contribution in [0.25, 0.3) is 0 Å². The predicted molar refractivity (Wildman–Crippen MR) is 139 cm³/mol. The lowest BCUT2D eigenvalue weighted by atomic mass is 9.71. The van der Waals surface area contributed by atoms with Crippen LogP contribution in [0.15, 0.2) is 18.7 Å². The van der Waals surface area contributed by atoms with Gasteiger partial charge >= 0.3 is 0 Å². The highest BCUT2D eigenvalue weighted by atomic mass is 16.7. The minimum Gasteiger partial charge on any atom is -0.504 e. The Morgan fingerprint density at radius 1 is 1.18 bits per heavy atom. The first-order valence-corrected chi connectivity index (χ1v) is 13.0. The number of aryl methyl sites for hydroxylation is 1. The molecule has 1 fully saturated rings. The van der Waals surface area contributed by atoms with Gasteiger partial charge in [0.25, 0.3) is 0 Å². The fraction of sp³-hybridized carbons (Fsp3) is 0.483. The number of nitrogens with zero attached hydrogens (tertiary/aromatic N) is 3. The van der Waals surface area contributed by atoms with E-state index < -0.39 is 12.1 Å². The van der Waals surface area contributed by atoms with Crippen molar-refractivity contribution in [2.24, 2.45) is 0 Å². The minimum atomic E-state index is -0.509. The van der Waals surface area contributed by atoms with Crippen LogP contribution in [0.4, 0.5) is 0 Å². The zero-order valence-corrected chi connectivity index (χ0v) is 22.2. The molecule has 4 aliphatic rings. The lowest BCUT2D eigenvalue weighted by Crippen LogP contribution is -2.68. The summed E-state index contributed by atoms with van der Waals surface area (Å²) in [5.74, 6) is 2.54. The number of aromatic hydroxyl groups is 1. The zero-order chi connectivity index (χ0) is 26.9. The number of aliphatic hydroxyl groups is 1. The van der Waals surface area contributed by atoms with Crippen molar-refractivity contribution in [3.63, 3.8) is 0 Å². The topological polar surface area (TPSA) is 108 Å². The van der Waals surface area contributed by atoms with Gasteiger partial charge in [0.05, 0.1) is 31.9 Å². The van der Waals surface area contributed by atoms with Gasteiger partial charge in [-0.25, -0.2) is 0 Å². The Bertz CT molecular complexity index is 1370. The summed E-state index contributed by atoms with van der Waals surface area (Å²) < 4.78 is 23.6. The van der Waals surface area contributed by atoms with Crippen LogP contribution in [-0.4, -0.2) is 72.3 Å². The van der Waals surface area contributed by atoms with Gasteiger partial charge in [0.1, 0.15) is 18.4 Å². The Labute approximate surface area is 222 Å². The quantitative estimate of drug-likeness (QED) is 0.576. The van der Waals surface area contributed by atoms with Gasteiger partial charge in [-0.1, -0.05) is 18.7 Å². The van der Waals surface area contributed by atoms with E-state index in [0.717, 1.165) is 33.4 Å². The molecule has 0 aromatic heterocycles. The summed E-state index contributed by atoms with van der Waals surface area (Å²) in [5.41, 5.74) is 5.31. The van der Waals surface area contributed by atoms with Crippen LogP contribution in [0.1, 0.15) is 45.5 Å². The fourth-order valence-corrected chi connectivity index (χ4v) is 7.34. The standard InChI is InChI=1S/C29H33N3O6/c1-6-7-36-27-15(3)28-29(38-13-37-28)23-17(27)10-19-24-22-16(8-14(2)26(35-5)25(22)34)9-18(31(24)4)20(11-30)32(19)21(23)12-33/h6,8,18-21,24,33-34H,1,7,9-10,12-13H2,2-5H3/t18-,19?,20-,21-,24-/m0/s1. The Kier molecular flexibility index (Phi) is 5.94. The molecule has 9 nitrogen and oxygen atoms in total. The molecule has 38 heavy (non-hydrogen) atoms. The van der Waals surface area contributed by atoms with Gasteiger partial charge in [-0.15, -0.1) is 0 Å². The van der Waals surface area contributed by atoms with Gasteiger partial charge in [0, 0.05) is 34.3 Å². The van der Waals surface area contributed by atoms with Crippen molar-refractivity contribution in [2.75, 3.05) is 34.2 Å². The van der Waals surface area contributed by atoms with Crippen LogP contribution in [0.5, 0.6) is 28.7 Å². The molecule has 2 N–H and O–H groups in total. The van der Waals surface area contributed by atoms with Crippen LogP contribution in [0.3, 0.4) is 0 Å². The third-order valence-electron chi connectivity index (χ3n) is 8.78. The van der Waals surface area contributed by atoms with Crippen LogP contribution in [0, 0.1) is 25.2 Å². The van der Waals surface area contributed by atoms with Crippen LogP contribution in [-0.2, 0) is 12.8 Å². The zero-order valence-electron chi connectivity index (χ0n) is 22.2. The maximum Gasteiger partial charge on any atom is 0.231 e. The van der Waals surface area contributed by atoms with Crippen LogP contribution in [0.2, 0.25) is 0 Å². The van der Waals surface area contributed by atoms with Crippen molar-refractivity contribution in [2.45, 2.75) is 56.9 Å². The van der Waals surface area contributed by atoms with E-state index in [0.29, 0.717) is 42.4 Å². The van der Waals surface area contributed by atoms with Crippen molar-refractivity contribution in [3.8, 4) is 34.8 Å². The third kappa shape index (κ3) is 3.20. The molecular formula is C29H33N3O6. The average molecular weight is 520 g/mol. The maximum absolute atomic E-state index is 11.5. The highest BCUT2D eigenvalue weighted by molar-refractivity contribution is 5.66. The van der Waals surface area contributed by atoms with E-state index in [1.807, 2.05) is 20.9 Å². The highest BCUT2D eigenvalue weighted by Gasteiger charge is 2.56. The molecule has 0 amide bonds.